The van der Waals surface area contributed by atoms with Crippen LogP contribution in [0.2, 0.25) is 0 Å². The first-order valence-electron chi connectivity index (χ1n) is 9.99. The Balaban J connectivity index is 1.59. The van der Waals surface area contributed by atoms with Crippen molar-refractivity contribution in [3.05, 3.63) is 94.2 Å². The van der Waals surface area contributed by atoms with Crippen LogP contribution < -0.4 is 5.32 Å². The lowest BCUT2D eigenvalue weighted by Crippen LogP contribution is -2.47. The fraction of sp³-hybridized carbons (Fsp3) is 0.208. The van der Waals surface area contributed by atoms with Gasteiger partial charge in [0.15, 0.2) is 5.54 Å². The molecule has 4 rings (SSSR count). The van der Waals surface area contributed by atoms with Crippen LogP contribution in [0.25, 0.3) is 0 Å². The quantitative estimate of drug-likeness (QED) is 0.581. The largest absolute Gasteiger partial charge is 0.339 e. The molecule has 6 nitrogen and oxygen atoms in total. The Morgan fingerprint density at radius 3 is 2.32 bits per heavy atom. The van der Waals surface area contributed by atoms with Crippen molar-refractivity contribution in [3.8, 4) is 0 Å². The van der Waals surface area contributed by atoms with Crippen molar-refractivity contribution in [2.45, 2.75) is 18.5 Å². The Hall–Kier alpha value is -3.45. The molecule has 0 radical (unpaired) electrons. The number of benzene rings is 2. The van der Waals surface area contributed by atoms with Crippen molar-refractivity contribution in [1.29, 1.82) is 0 Å². The molecular weight excluding hydrogens is 410 g/mol. The highest BCUT2D eigenvalue weighted by Crippen LogP contribution is 2.33. The van der Waals surface area contributed by atoms with Crippen LogP contribution in [0.15, 0.2) is 78.2 Å². The number of nitrogens with one attached hydrogen (secondary N) is 1. The summed E-state index contributed by atoms with van der Waals surface area (Å²) in [6.07, 6.45) is 0.304. The number of urea groups is 1. The summed E-state index contributed by atoms with van der Waals surface area (Å²) in [5.41, 5.74) is 0.369. The van der Waals surface area contributed by atoms with Crippen LogP contribution in [0.1, 0.15) is 16.0 Å². The minimum absolute atomic E-state index is 0.291. The van der Waals surface area contributed by atoms with Crippen molar-refractivity contribution in [2.75, 3.05) is 13.6 Å². The Kier molecular flexibility index (Phi) is 5.86. The predicted molar refractivity (Wildman–Crippen MR) is 119 cm³/mol. The Morgan fingerprint density at radius 2 is 1.68 bits per heavy atom. The number of imide groups is 1. The predicted octanol–water partition coefficient (Wildman–Crippen LogP) is 3.40. The molecule has 1 N–H and O–H groups in total. The van der Waals surface area contributed by atoms with Gasteiger partial charge in [-0.2, -0.15) is 0 Å². The second-order valence-corrected chi connectivity index (χ2v) is 8.62. The number of hydrogen-bond donors (Lipinski definition) is 1. The van der Waals surface area contributed by atoms with Gasteiger partial charge in [0.05, 0.1) is 6.54 Å². The van der Waals surface area contributed by atoms with E-state index >= 15 is 0 Å². The first-order valence-corrected chi connectivity index (χ1v) is 10.9. The zero-order chi connectivity index (χ0) is 21.8. The van der Waals surface area contributed by atoms with Crippen LogP contribution >= 0.6 is 11.3 Å². The monoisotopic (exact) mass is 433 g/mol. The minimum atomic E-state index is -1.24. The van der Waals surface area contributed by atoms with Crippen LogP contribution in [0.4, 0.5) is 4.79 Å². The van der Waals surface area contributed by atoms with Crippen molar-refractivity contribution >= 4 is 29.2 Å². The topological polar surface area (TPSA) is 69.7 Å². The number of nitrogens with zero attached hydrogens (tertiary/aromatic N) is 2. The molecule has 0 bridgehead atoms. The maximum Gasteiger partial charge on any atom is 0.325 e. The van der Waals surface area contributed by atoms with Gasteiger partial charge in [0.25, 0.3) is 5.91 Å². The van der Waals surface area contributed by atoms with Crippen LogP contribution in [-0.4, -0.2) is 41.2 Å². The minimum Gasteiger partial charge on any atom is -0.339 e. The summed E-state index contributed by atoms with van der Waals surface area (Å²) in [5, 5.41) is 4.84. The maximum absolute atomic E-state index is 13.6. The SMILES string of the molecule is CN(Cc1cccs1)C(=O)CN1C(=O)N[C@](Cc2ccccc2)(c2ccccc2)C1=O. The average Bonchev–Trinajstić information content (AvgIpc) is 3.37. The number of hydrogen-bond acceptors (Lipinski definition) is 4. The number of likely N-dealkylation sites (N-methyl/N-ethyl adjacent to an activating group) is 1. The van der Waals surface area contributed by atoms with E-state index in [9.17, 15) is 14.4 Å². The third-order valence-electron chi connectivity index (χ3n) is 5.45. The van der Waals surface area contributed by atoms with Gasteiger partial charge in [-0.05, 0) is 22.6 Å². The third-order valence-corrected chi connectivity index (χ3v) is 6.31. The van der Waals surface area contributed by atoms with Crippen molar-refractivity contribution in [2.24, 2.45) is 0 Å². The lowest BCUT2D eigenvalue weighted by Gasteiger charge is -2.28. The number of carbonyl (C=O) groups is 3. The number of amides is 4. The van der Waals surface area contributed by atoms with E-state index in [4.69, 9.17) is 0 Å². The van der Waals surface area contributed by atoms with E-state index in [2.05, 4.69) is 5.32 Å². The summed E-state index contributed by atoms with van der Waals surface area (Å²) >= 11 is 1.56. The molecule has 1 fully saturated rings. The van der Waals surface area contributed by atoms with E-state index in [1.165, 1.54) is 4.90 Å². The molecule has 158 valence electrons. The molecule has 1 saturated heterocycles. The second kappa shape index (κ2) is 8.73. The van der Waals surface area contributed by atoms with E-state index in [0.717, 1.165) is 15.3 Å². The highest BCUT2D eigenvalue weighted by Gasteiger charge is 2.52. The van der Waals surface area contributed by atoms with Gasteiger partial charge >= 0.3 is 6.03 Å². The summed E-state index contributed by atoms with van der Waals surface area (Å²) in [6.45, 7) is 0.143. The second-order valence-electron chi connectivity index (χ2n) is 7.58. The molecule has 31 heavy (non-hydrogen) atoms. The van der Waals surface area contributed by atoms with Gasteiger partial charge in [0.2, 0.25) is 5.91 Å². The molecule has 3 aromatic rings. The molecular formula is C24H23N3O3S. The normalized spacial score (nSPS) is 18.2. The molecule has 4 amide bonds. The van der Waals surface area contributed by atoms with Crippen LogP contribution in [0.5, 0.6) is 0 Å². The summed E-state index contributed by atoms with van der Waals surface area (Å²) in [6, 6.07) is 22.1. The molecule has 0 aliphatic carbocycles. The lowest BCUT2D eigenvalue weighted by molar-refractivity contribution is -0.138. The van der Waals surface area contributed by atoms with Crippen molar-refractivity contribution in [3.63, 3.8) is 0 Å². The van der Waals surface area contributed by atoms with Gasteiger partial charge in [0.1, 0.15) is 6.54 Å². The molecule has 2 heterocycles. The average molecular weight is 434 g/mol. The highest BCUT2D eigenvalue weighted by molar-refractivity contribution is 7.09. The standard InChI is InChI=1S/C24H23N3O3S/c1-26(16-20-13-8-14-31-20)21(28)17-27-22(29)24(25-23(27)30,19-11-6-3-7-12-19)15-18-9-4-2-5-10-18/h2-14H,15-17H2,1H3,(H,25,30)/t24-/m1/s1. The van der Waals surface area contributed by atoms with Gasteiger partial charge in [-0.1, -0.05) is 66.7 Å². The van der Waals surface area contributed by atoms with E-state index in [-0.39, 0.29) is 12.5 Å². The van der Waals surface area contributed by atoms with Gasteiger partial charge < -0.3 is 10.2 Å². The molecule has 0 unspecified atom stereocenters. The molecule has 1 aromatic heterocycles. The molecule has 1 atom stereocenters. The Bertz CT molecular complexity index is 1070. The lowest BCUT2D eigenvalue weighted by atomic mass is 9.83. The van der Waals surface area contributed by atoms with Crippen LogP contribution in [0.3, 0.4) is 0 Å². The molecule has 2 aromatic carbocycles. The van der Waals surface area contributed by atoms with E-state index < -0.39 is 17.5 Å². The zero-order valence-electron chi connectivity index (χ0n) is 17.2. The summed E-state index contributed by atoms with van der Waals surface area (Å²) < 4.78 is 0. The molecule has 1 aliphatic heterocycles. The van der Waals surface area contributed by atoms with Crippen molar-refractivity contribution < 1.29 is 14.4 Å². The molecule has 1 aliphatic rings. The number of carbonyl (C=O) groups excluding carboxylic acids is 3. The van der Waals surface area contributed by atoms with Crippen molar-refractivity contribution in [1.82, 2.24) is 15.1 Å². The van der Waals surface area contributed by atoms with E-state index in [1.807, 2.05) is 78.2 Å². The third kappa shape index (κ3) is 4.22. The Labute approximate surface area is 185 Å². The van der Waals surface area contributed by atoms with Gasteiger partial charge in [-0.25, -0.2) is 4.79 Å². The molecule has 7 heteroatoms. The number of rotatable bonds is 7. The first-order chi connectivity index (χ1) is 15.0. The summed E-state index contributed by atoms with van der Waals surface area (Å²) in [7, 11) is 1.68. The van der Waals surface area contributed by atoms with E-state index in [0.29, 0.717) is 18.5 Å². The fourth-order valence-corrected chi connectivity index (χ4v) is 4.55. The molecule has 0 spiro atoms. The first kappa shape index (κ1) is 20.8. The van der Waals surface area contributed by atoms with Gasteiger partial charge in [-0.3, -0.25) is 14.5 Å². The van der Waals surface area contributed by atoms with Gasteiger partial charge in [0, 0.05) is 18.3 Å². The highest BCUT2D eigenvalue weighted by atomic mass is 32.1. The Morgan fingerprint density at radius 1 is 1.00 bits per heavy atom. The summed E-state index contributed by atoms with van der Waals surface area (Å²) in [5.74, 6) is -0.703. The van der Waals surface area contributed by atoms with Gasteiger partial charge in [-0.15, -0.1) is 11.3 Å². The smallest absolute Gasteiger partial charge is 0.325 e. The van der Waals surface area contributed by atoms with Crippen LogP contribution in [-0.2, 0) is 28.1 Å². The van der Waals surface area contributed by atoms with E-state index in [1.54, 1.807) is 18.4 Å². The number of thiophene rings is 1. The fourth-order valence-electron chi connectivity index (χ4n) is 3.79. The van der Waals surface area contributed by atoms with Crippen LogP contribution in [0, 0.1) is 0 Å². The molecule has 0 saturated carbocycles. The summed E-state index contributed by atoms with van der Waals surface area (Å²) in [4.78, 5) is 42.8. The zero-order valence-corrected chi connectivity index (χ0v) is 18.0. The maximum atomic E-state index is 13.6.